The van der Waals surface area contributed by atoms with E-state index in [1.807, 2.05) is 12.1 Å². The van der Waals surface area contributed by atoms with Gasteiger partial charge in [0.25, 0.3) is 0 Å². The number of carbonyl (C=O) groups excluding carboxylic acids is 1. The van der Waals surface area contributed by atoms with Crippen LogP contribution in [0.4, 0.5) is 14.9 Å². The number of benzene rings is 2. The first-order valence-corrected chi connectivity index (χ1v) is 13.6. The third kappa shape index (κ3) is 8.86. The zero-order valence-corrected chi connectivity index (χ0v) is 24.5. The molecule has 2 amide bonds. The first kappa shape index (κ1) is 31.2. The van der Waals surface area contributed by atoms with Gasteiger partial charge in [-0.1, -0.05) is 27.2 Å². The van der Waals surface area contributed by atoms with Crippen LogP contribution in [0.3, 0.4) is 0 Å². The molecule has 4 rings (SSSR count). The van der Waals surface area contributed by atoms with E-state index >= 15 is 0 Å². The Hall–Kier alpha value is -3.30. The summed E-state index contributed by atoms with van der Waals surface area (Å²) in [6, 6.07) is 9.25. The number of rotatable bonds is 10. The van der Waals surface area contributed by atoms with Crippen LogP contribution in [0.5, 0.6) is 23.0 Å². The lowest BCUT2D eigenvalue weighted by Crippen LogP contribution is -2.33. The van der Waals surface area contributed by atoms with E-state index in [4.69, 9.17) is 14.2 Å². The number of piperidine rings is 1. The van der Waals surface area contributed by atoms with Gasteiger partial charge in [-0.15, -0.1) is 12.4 Å². The number of anilines is 1. The summed E-state index contributed by atoms with van der Waals surface area (Å²) in [6.45, 7) is 10.4. The van der Waals surface area contributed by atoms with Crippen molar-refractivity contribution in [2.75, 3.05) is 45.2 Å². The van der Waals surface area contributed by atoms with Crippen LogP contribution in [-0.2, 0) is 0 Å². The minimum absolute atomic E-state index is 0. The molecule has 0 aliphatic carbocycles. The zero-order chi connectivity index (χ0) is 27.8. The third-order valence-corrected chi connectivity index (χ3v) is 6.68. The third-order valence-electron chi connectivity index (χ3n) is 6.68. The van der Waals surface area contributed by atoms with Crippen molar-refractivity contribution in [2.24, 2.45) is 5.41 Å². The van der Waals surface area contributed by atoms with Gasteiger partial charge in [0.2, 0.25) is 0 Å². The summed E-state index contributed by atoms with van der Waals surface area (Å²) < 4.78 is 32.5. The van der Waals surface area contributed by atoms with Gasteiger partial charge < -0.3 is 24.8 Å². The molecule has 40 heavy (non-hydrogen) atoms. The Kier molecular flexibility index (Phi) is 11.2. The molecule has 2 heterocycles. The highest BCUT2D eigenvalue weighted by atomic mass is 35.5. The molecule has 0 bridgehead atoms. The first-order chi connectivity index (χ1) is 18.7. The second kappa shape index (κ2) is 14.4. The van der Waals surface area contributed by atoms with E-state index < -0.39 is 11.8 Å². The Morgan fingerprint density at radius 1 is 1.05 bits per heavy atom. The molecule has 3 aromatic rings. The number of hydrogen-bond donors (Lipinski definition) is 2. The predicted octanol–water partition coefficient (Wildman–Crippen LogP) is 7.02. The molecule has 1 fully saturated rings. The molecular formula is C30H40ClFN4O4. The van der Waals surface area contributed by atoms with E-state index in [0.717, 1.165) is 26.1 Å². The predicted molar refractivity (Wildman–Crippen MR) is 159 cm³/mol. The van der Waals surface area contributed by atoms with Crippen LogP contribution < -0.4 is 24.8 Å². The lowest BCUT2D eigenvalue weighted by atomic mass is 9.92. The van der Waals surface area contributed by atoms with Crippen LogP contribution >= 0.6 is 12.4 Å². The fraction of sp³-hybridized carbons (Fsp3) is 0.467. The Bertz CT molecular complexity index is 1280. The van der Waals surface area contributed by atoms with Crippen molar-refractivity contribution in [1.29, 1.82) is 0 Å². The number of carbonyl (C=O) groups is 1. The summed E-state index contributed by atoms with van der Waals surface area (Å²) in [5, 5.41) is 6.01. The lowest BCUT2D eigenvalue weighted by Gasteiger charge is -2.26. The topological polar surface area (TPSA) is 85.0 Å². The first-order valence-electron chi connectivity index (χ1n) is 13.6. The molecule has 1 aliphatic rings. The standard InChI is InChI=1S/C30H39FN4O4.ClH/c1-30(2,3)11-13-33-29(36)34-24-9-8-21(18-23(24)31)39-26-10-12-32-25-20-28(27(37-4)19-22(25)26)38-17-16-35-14-6-5-7-15-35;/h8-10,12,18-20H,5-7,11,13-17H2,1-4H3,(H2,33,34,36);1H. The van der Waals surface area contributed by atoms with Crippen LogP contribution in [0.1, 0.15) is 46.5 Å². The number of likely N-dealkylation sites (tertiary alicyclic amines) is 1. The van der Waals surface area contributed by atoms with Crippen molar-refractivity contribution in [1.82, 2.24) is 15.2 Å². The lowest BCUT2D eigenvalue weighted by molar-refractivity contribution is 0.181. The molecule has 8 nitrogen and oxygen atoms in total. The van der Waals surface area contributed by atoms with Crippen LogP contribution in [0, 0.1) is 11.2 Å². The van der Waals surface area contributed by atoms with E-state index in [-0.39, 0.29) is 23.5 Å². The van der Waals surface area contributed by atoms with Gasteiger partial charge in [-0.2, -0.15) is 0 Å². The normalized spacial score (nSPS) is 13.8. The van der Waals surface area contributed by atoms with Crippen molar-refractivity contribution >= 4 is 35.0 Å². The Morgan fingerprint density at radius 2 is 1.82 bits per heavy atom. The minimum atomic E-state index is -0.598. The highest BCUT2D eigenvalue weighted by Gasteiger charge is 2.16. The van der Waals surface area contributed by atoms with E-state index in [2.05, 4.69) is 41.3 Å². The largest absolute Gasteiger partial charge is 0.493 e. The minimum Gasteiger partial charge on any atom is -0.493 e. The van der Waals surface area contributed by atoms with Gasteiger partial charge in [-0.3, -0.25) is 9.88 Å². The van der Waals surface area contributed by atoms with Crippen molar-refractivity contribution in [3.05, 3.63) is 48.4 Å². The maximum absolute atomic E-state index is 14.8. The summed E-state index contributed by atoms with van der Waals surface area (Å²) in [5.74, 6) is 1.38. The van der Waals surface area contributed by atoms with Gasteiger partial charge in [0.15, 0.2) is 11.5 Å². The monoisotopic (exact) mass is 574 g/mol. The summed E-state index contributed by atoms with van der Waals surface area (Å²) in [6.07, 6.45) is 6.22. The maximum Gasteiger partial charge on any atom is 0.319 e. The highest BCUT2D eigenvalue weighted by Crippen LogP contribution is 2.37. The fourth-order valence-electron chi connectivity index (χ4n) is 4.46. The number of nitrogens with zero attached hydrogens (tertiary/aromatic N) is 2. The Morgan fingerprint density at radius 3 is 2.52 bits per heavy atom. The number of pyridine rings is 1. The molecule has 0 radical (unpaired) electrons. The molecule has 2 N–H and O–H groups in total. The number of fused-ring (bicyclic) bond motifs is 1. The number of nitrogens with one attached hydrogen (secondary N) is 2. The number of amides is 2. The second-order valence-electron chi connectivity index (χ2n) is 11.0. The summed E-state index contributed by atoms with van der Waals surface area (Å²) in [7, 11) is 1.59. The average molecular weight is 575 g/mol. The quantitative estimate of drug-likeness (QED) is 0.271. The smallest absolute Gasteiger partial charge is 0.319 e. The van der Waals surface area contributed by atoms with Gasteiger partial charge in [-0.05, 0) is 62.0 Å². The number of ether oxygens (including phenoxy) is 3. The van der Waals surface area contributed by atoms with Crippen LogP contribution in [-0.4, -0.2) is 55.8 Å². The average Bonchev–Trinajstić information content (AvgIpc) is 2.90. The molecule has 0 unspecified atom stereocenters. The van der Waals surface area contributed by atoms with Gasteiger partial charge in [0, 0.05) is 36.8 Å². The maximum atomic E-state index is 14.8. The van der Waals surface area contributed by atoms with E-state index in [9.17, 15) is 9.18 Å². The van der Waals surface area contributed by atoms with Gasteiger partial charge >= 0.3 is 6.03 Å². The summed E-state index contributed by atoms with van der Waals surface area (Å²) in [4.78, 5) is 19.0. The van der Waals surface area contributed by atoms with Gasteiger partial charge in [0.05, 0.1) is 18.3 Å². The Balaban J connectivity index is 0.00000441. The number of halogens is 2. The number of hydrogen-bond acceptors (Lipinski definition) is 6. The number of methoxy groups -OCH3 is 1. The summed E-state index contributed by atoms with van der Waals surface area (Å²) in [5.41, 5.74) is 0.843. The van der Waals surface area contributed by atoms with E-state index in [1.54, 1.807) is 25.4 Å². The molecule has 0 atom stereocenters. The molecule has 10 heteroatoms. The molecule has 1 aliphatic heterocycles. The van der Waals surface area contributed by atoms with Crippen LogP contribution in [0.15, 0.2) is 42.6 Å². The molecule has 0 spiro atoms. The van der Waals surface area contributed by atoms with Crippen LogP contribution in [0.2, 0.25) is 0 Å². The fourth-order valence-corrected chi connectivity index (χ4v) is 4.46. The Labute approximate surface area is 242 Å². The number of aromatic nitrogens is 1. The van der Waals surface area contributed by atoms with E-state index in [1.165, 1.54) is 31.4 Å². The van der Waals surface area contributed by atoms with E-state index in [0.29, 0.717) is 47.1 Å². The molecule has 1 saturated heterocycles. The van der Waals surface area contributed by atoms with Crippen molar-refractivity contribution < 1.29 is 23.4 Å². The SMILES string of the molecule is COc1cc2c(Oc3ccc(NC(=O)NCCC(C)(C)C)c(F)c3)ccnc2cc1OCCN1CCCCC1.Cl. The second-order valence-corrected chi connectivity index (χ2v) is 11.0. The highest BCUT2D eigenvalue weighted by molar-refractivity contribution is 5.90. The van der Waals surface area contributed by atoms with Gasteiger partial charge in [-0.25, -0.2) is 9.18 Å². The van der Waals surface area contributed by atoms with Gasteiger partial charge in [0.1, 0.15) is 23.9 Å². The van der Waals surface area contributed by atoms with Crippen molar-refractivity contribution in [2.45, 2.75) is 46.5 Å². The number of urea groups is 1. The molecule has 1 aromatic heterocycles. The van der Waals surface area contributed by atoms with Crippen molar-refractivity contribution in [3.63, 3.8) is 0 Å². The van der Waals surface area contributed by atoms with Crippen LogP contribution in [0.25, 0.3) is 10.9 Å². The molecular weight excluding hydrogens is 535 g/mol. The van der Waals surface area contributed by atoms with Crippen molar-refractivity contribution in [3.8, 4) is 23.0 Å². The zero-order valence-electron chi connectivity index (χ0n) is 23.7. The molecule has 218 valence electrons. The molecule has 0 saturated carbocycles. The summed E-state index contributed by atoms with van der Waals surface area (Å²) >= 11 is 0. The molecule has 2 aromatic carbocycles.